The van der Waals surface area contributed by atoms with E-state index in [9.17, 15) is 4.79 Å². The highest BCUT2D eigenvalue weighted by Gasteiger charge is 2.53. The average molecular weight is 648 g/mol. The van der Waals surface area contributed by atoms with Crippen molar-refractivity contribution in [3.05, 3.63) is 135 Å². The molecule has 4 aromatic carbocycles. The van der Waals surface area contributed by atoms with Crippen molar-refractivity contribution in [2.24, 2.45) is 4.99 Å². The highest BCUT2D eigenvalue weighted by molar-refractivity contribution is 9.10. The van der Waals surface area contributed by atoms with Crippen molar-refractivity contribution in [3.63, 3.8) is 0 Å². The van der Waals surface area contributed by atoms with Crippen LogP contribution in [-0.2, 0) is 22.4 Å². The average Bonchev–Trinajstić information content (AvgIpc) is 3.40. The minimum absolute atomic E-state index is 0.0739. The predicted octanol–water partition coefficient (Wildman–Crippen LogP) is 6.72. The number of hydrogen-bond donors (Lipinski definition) is 2. The number of ether oxygens (including phenoxy) is 2. The van der Waals surface area contributed by atoms with Gasteiger partial charge in [0.25, 0.3) is 5.91 Å². The summed E-state index contributed by atoms with van der Waals surface area (Å²) < 4.78 is 13.2. The quantitative estimate of drug-likeness (QED) is 0.167. The van der Waals surface area contributed by atoms with Gasteiger partial charge in [0, 0.05) is 41.1 Å². The second-order valence-corrected chi connectivity index (χ2v) is 11.4. The summed E-state index contributed by atoms with van der Waals surface area (Å²) in [7, 11) is 0. The van der Waals surface area contributed by atoms with Crippen LogP contribution in [0, 0.1) is 0 Å². The van der Waals surface area contributed by atoms with E-state index in [1.165, 1.54) is 0 Å². The summed E-state index contributed by atoms with van der Waals surface area (Å²) in [6.07, 6.45) is 0.827. The lowest BCUT2D eigenvalue weighted by atomic mass is 9.82. The number of aliphatic imine (C=N–C) groups is 1. The molecule has 1 heterocycles. The fourth-order valence-electron chi connectivity index (χ4n) is 4.99. The number of carbonyl (C=O) groups excluding carboxylic acids is 1. The first-order chi connectivity index (χ1) is 20.5. The molecule has 0 saturated heterocycles. The molecule has 1 aliphatic rings. The number of halogens is 2. The highest BCUT2D eigenvalue weighted by atomic mass is 79.9. The number of rotatable bonds is 12. The SMILES string of the molecule is O=C(NCCc1ccccc1Cl)[C@]1(Cc2ccc(Br)cc2)N=C(c2ccc(OCCCO)cc2)O[C@@H]1c1ccccc1. The first kappa shape index (κ1) is 29.8. The van der Waals surface area contributed by atoms with Crippen LogP contribution in [-0.4, -0.2) is 42.2 Å². The number of aliphatic hydroxyl groups excluding tert-OH is 1. The first-order valence-electron chi connectivity index (χ1n) is 13.9. The molecule has 0 unspecified atom stereocenters. The molecule has 1 aliphatic heterocycles. The molecule has 216 valence electrons. The zero-order valence-electron chi connectivity index (χ0n) is 23.0. The smallest absolute Gasteiger partial charge is 0.252 e. The largest absolute Gasteiger partial charge is 0.494 e. The lowest BCUT2D eigenvalue weighted by Crippen LogP contribution is -2.50. The molecule has 42 heavy (non-hydrogen) atoms. The van der Waals surface area contributed by atoms with Crippen molar-refractivity contribution in [3.8, 4) is 5.75 Å². The van der Waals surface area contributed by atoms with Crippen molar-refractivity contribution in [2.75, 3.05) is 19.8 Å². The van der Waals surface area contributed by atoms with Crippen molar-refractivity contribution < 1.29 is 19.4 Å². The maximum absolute atomic E-state index is 14.3. The van der Waals surface area contributed by atoms with Crippen LogP contribution in [0.15, 0.2) is 113 Å². The van der Waals surface area contributed by atoms with E-state index in [-0.39, 0.29) is 12.5 Å². The minimum atomic E-state index is -1.26. The van der Waals surface area contributed by atoms with Crippen LogP contribution in [0.1, 0.15) is 34.8 Å². The molecular formula is C34H32BrClN2O4. The molecule has 4 aromatic rings. The third-order valence-corrected chi connectivity index (χ3v) is 8.05. The number of nitrogens with one attached hydrogen (secondary N) is 1. The van der Waals surface area contributed by atoms with Gasteiger partial charge in [-0.3, -0.25) is 4.79 Å². The number of carbonyl (C=O) groups is 1. The van der Waals surface area contributed by atoms with Crippen LogP contribution >= 0.6 is 27.5 Å². The Hall–Kier alpha value is -3.65. The van der Waals surface area contributed by atoms with Gasteiger partial charge in [0.05, 0.1) is 6.61 Å². The van der Waals surface area contributed by atoms with Crippen LogP contribution in [0.4, 0.5) is 0 Å². The number of nitrogens with zero attached hydrogens (tertiary/aromatic N) is 1. The Kier molecular flexibility index (Phi) is 9.95. The van der Waals surface area contributed by atoms with Crippen molar-refractivity contribution >= 4 is 39.3 Å². The molecule has 8 heteroatoms. The van der Waals surface area contributed by atoms with Crippen LogP contribution in [0.25, 0.3) is 0 Å². The standard InChI is InChI=1S/C34H32BrClN2O4/c35-28-15-11-24(12-16-28)23-34(33(40)37-20-19-25-7-4-5-10-30(25)36)31(26-8-2-1-3-9-26)42-32(38-34)27-13-17-29(18-14-27)41-22-6-21-39/h1-5,7-18,31,39H,6,19-23H2,(H,37,40)/t31-,34-/m1/s1. The fraction of sp³-hybridized carbons (Fsp3) is 0.235. The number of benzene rings is 4. The Labute approximate surface area is 259 Å². The third kappa shape index (κ3) is 7.04. The summed E-state index contributed by atoms with van der Waals surface area (Å²) in [5, 5.41) is 12.9. The van der Waals surface area contributed by atoms with E-state index in [2.05, 4.69) is 21.2 Å². The molecule has 0 bridgehead atoms. The van der Waals surface area contributed by atoms with Gasteiger partial charge >= 0.3 is 0 Å². The van der Waals surface area contributed by atoms with Gasteiger partial charge in [-0.15, -0.1) is 0 Å². The molecule has 2 N–H and O–H groups in total. The molecule has 0 fully saturated rings. The molecule has 0 saturated carbocycles. The van der Waals surface area contributed by atoms with Crippen molar-refractivity contribution in [1.82, 2.24) is 5.32 Å². The summed E-state index contributed by atoms with van der Waals surface area (Å²) >= 11 is 9.88. The first-order valence-corrected chi connectivity index (χ1v) is 15.1. The zero-order chi connectivity index (χ0) is 29.4. The summed E-state index contributed by atoms with van der Waals surface area (Å²) in [4.78, 5) is 19.4. The third-order valence-electron chi connectivity index (χ3n) is 7.16. The Balaban J connectivity index is 1.50. The van der Waals surface area contributed by atoms with Gasteiger partial charge in [-0.05, 0) is 65.6 Å². The maximum atomic E-state index is 14.3. The highest BCUT2D eigenvalue weighted by Crippen LogP contribution is 2.42. The molecule has 0 radical (unpaired) electrons. The van der Waals surface area contributed by atoms with Crippen LogP contribution < -0.4 is 10.1 Å². The monoisotopic (exact) mass is 646 g/mol. The number of hydrogen-bond acceptors (Lipinski definition) is 5. The van der Waals surface area contributed by atoms with E-state index in [0.29, 0.717) is 49.1 Å². The Morgan fingerprint density at radius 1 is 0.976 bits per heavy atom. The molecule has 6 nitrogen and oxygen atoms in total. The molecule has 0 aromatic heterocycles. The summed E-state index contributed by atoms with van der Waals surface area (Å²) in [6, 6.07) is 32.8. The van der Waals surface area contributed by atoms with Gasteiger partial charge < -0.3 is 19.9 Å². The second-order valence-electron chi connectivity index (χ2n) is 10.1. The molecule has 2 atom stereocenters. The predicted molar refractivity (Wildman–Crippen MR) is 169 cm³/mol. The second kappa shape index (κ2) is 14.0. The van der Waals surface area contributed by atoms with E-state index in [0.717, 1.165) is 26.7 Å². The number of aliphatic hydroxyl groups is 1. The Bertz CT molecular complexity index is 1510. The van der Waals surface area contributed by atoms with Crippen LogP contribution in [0.2, 0.25) is 5.02 Å². The van der Waals surface area contributed by atoms with Crippen LogP contribution in [0.3, 0.4) is 0 Å². The van der Waals surface area contributed by atoms with Crippen LogP contribution in [0.5, 0.6) is 5.75 Å². The lowest BCUT2D eigenvalue weighted by Gasteiger charge is -2.31. The van der Waals surface area contributed by atoms with E-state index in [4.69, 9.17) is 31.2 Å². The molecule has 1 amide bonds. The van der Waals surface area contributed by atoms with Gasteiger partial charge in [0.15, 0.2) is 11.6 Å². The summed E-state index contributed by atoms with van der Waals surface area (Å²) in [5.41, 5.74) is 2.27. The van der Waals surface area contributed by atoms with Crippen molar-refractivity contribution in [1.29, 1.82) is 0 Å². The van der Waals surface area contributed by atoms with E-state index in [1.54, 1.807) is 0 Å². The van der Waals surface area contributed by atoms with E-state index >= 15 is 0 Å². The molecule has 0 spiro atoms. The van der Waals surface area contributed by atoms with E-state index < -0.39 is 11.6 Å². The maximum Gasteiger partial charge on any atom is 0.252 e. The normalized spacial score (nSPS) is 17.8. The summed E-state index contributed by atoms with van der Waals surface area (Å²) in [6.45, 7) is 0.898. The lowest BCUT2D eigenvalue weighted by molar-refractivity contribution is -0.128. The Morgan fingerprint density at radius 3 is 2.40 bits per heavy atom. The van der Waals surface area contributed by atoms with Crippen molar-refractivity contribution in [2.45, 2.75) is 30.9 Å². The van der Waals surface area contributed by atoms with Gasteiger partial charge in [0.1, 0.15) is 5.75 Å². The fourth-order valence-corrected chi connectivity index (χ4v) is 5.48. The zero-order valence-corrected chi connectivity index (χ0v) is 25.4. The molecular weight excluding hydrogens is 616 g/mol. The number of amides is 1. The van der Waals surface area contributed by atoms with Gasteiger partial charge in [-0.25, -0.2) is 4.99 Å². The minimum Gasteiger partial charge on any atom is -0.494 e. The molecule has 5 rings (SSSR count). The van der Waals surface area contributed by atoms with Gasteiger partial charge in [-0.1, -0.05) is 88.2 Å². The topological polar surface area (TPSA) is 80.2 Å². The van der Waals surface area contributed by atoms with Gasteiger partial charge in [0.2, 0.25) is 5.90 Å². The Morgan fingerprint density at radius 2 is 1.69 bits per heavy atom. The van der Waals surface area contributed by atoms with Gasteiger partial charge in [-0.2, -0.15) is 0 Å². The summed E-state index contributed by atoms with van der Waals surface area (Å²) in [5.74, 6) is 0.859. The van der Waals surface area contributed by atoms with E-state index in [1.807, 2.05) is 103 Å². The molecule has 0 aliphatic carbocycles.